The van der Waals surface area contributed by atoms with E-state index in [0.29, 0.717) is 6.61 Å². The SMILES string of the molecule is Fc1ccc(NC(=S)Nc2ccc(OCc3ccccc3)cc2)c(F)c1. The van der Waals surface area contributed by atoms with Crippen LogP contribution in [0.4, 0.5) is 20.2 Å². The van der Waals surface area contributed by atoms with Crippen LogP contribution in [-0.4, -0.2) is 5.11 Å². The molecule has 0 aromatic heterocycles. The van der Waals surface area contributed by atoms with Crippen molar-refractivity contribution in [1.82, 2.24) is 0 Å². The molecule has 3 rings (SSSR count). The van der Waals surface area contributed by atoms with Gasteiger partial charge in [0, 0.05) is 11.8 Å². The fraction of sp³-hybridized carbons (Fsp3) is 0.0500. The quantitative estimate of drug-likeness (QED) is 0.593. The van der Waals surface area contributed by atoms with Crippen LogP contribution in [0, 0.1) is 11.6 Å². The Labute approximate surface area is 155 Å². The second kappa shape index (κ2) is 8.40. The molecule has 132 valence electrons. The van der Waals surface area contributed by atoms with Crippen molar-refractivity contribution < 1.29 is 13.5 Å². The maximum atomic E-state index is 13.6. The van der Waals surface area contributed by atoms with E-state index >= 15 is 0 Å². The third-order valence-corrected chi connectivity index (χ3v) is 3.74. The zero-order chi connectivity index (χ0) is 18.4. The molecule has 0 radical (unpaired) electrons. The molecule has 0 saturated carbocycles. The summed E-state index contributed by atoms with van der Waals surface area (Å²) in [7, 11) is 0. The van der Waals surface area contributed by atoms with Crippen LogP contribution in [0.5, 0.6) is 5.75 Å². The third kappa shape index (κ3) is 5.00. The van der Waals surface area contributed by atoms with E-state index < -0.39 is 11.6 Å². The van der Waals surface area contributed by atoms with Crippen molar-refractivity contribution in [3.63, 3.8) is 0 Å². The fourth-order valence-electron chi connectivity index (χ4n) is 2.25. The van der Waals surface area contributed by atoms with Crippen LogP contribution in [0.15, 0.2) is 72.8 Å². The van der Waals surface area contributed by atoms with E-state index in [2.05, 4.69) is 10.6 Å². The highest BCUT2D eigenvalue weighted by molar-refractivity contribution is 7.80. The maximum Gasteiger partial charge on any atom is 0.175 e. The van der Waals surface area contributed by atoms with Gasteiger partial charge in [0.2, 0.25) is 0 Å². The van der Waals surface area contributed by atoms with Crippen molar-refractivity contribution >= 4 is 28.7 Å². The smallest absolute Gasteiger partial charge is 0.175 e. The third-order valence-electron chi connectivity index (χ3n) is 3.54. The van der Waals surface area contributed by atoms with E-state index in [1.54, 1.807) is 12.1 Å². The first-order valence-electron chi connectivity index (χ1n) is 7.90. The second-order valence-electron chi connectivity index (χ2n) is 5.50. The van der Waals surface area contributed by atoms with Crippen LogP contribution in [-0.2, 0) is 6.61 Å². The average molecular weight is 370 g/mol. The van der Waals surface area contributed by atoms with Gasteiger partial charge in [-0.3, -0.25) is 0 Å². The zero-order valence-corrected chi connectivity index (χ0v) is 14.5. The molecule has 0 heterocycles. The Bertz CT molecular complexity index is 886. The number of hydrogen-bond donors (Lipinski definition) is 2. The second-order valence-corrected chi connectivity index (χ2v) is 5.91. The molecule has 6 heteroatoms. The largest absolute Gasteiger partial charge is 0.489 e. The Morgan fingerprint density at radius 2 is 1.62 bits per heavy atom. The molecule has 0 atom stereocenters. The van der Waals surface area contributed by atoms with E-state index in [0.717, 1.165) is 29.1 Å². The van der Waals surface area contributed by atoms with Gasteiger partial charge in [-0.2, -0.15) is 0 Å². The number of hydrogen-bond acceptors (Lipinski definition) is 2. The van der Waals surface area contributed by atoms with E-state index in [4.69, 9.17) is 17.0 Å². The number of rotatable bonds is 5. The van der Waals surface area contributed by atoms with Gasteiger partial charge in [0.05, 0.1) is 5.69 Å². The van der Waals surface area contributed by atoms with E-state index in [9.17, 15) is 8.78 Å². The average Bonchev–Trinajstić information content (AvgIpc) is 2.64. The molecule has 0 aliphatic rings. The van der Waals surface area contributed by atoms with Crippen LogP contribution in [0.2, 0.25) is 0 Å². The molecule has 0 unspecified atom stereocenters. The number of ether oxygens (including phenoxy) is 1. The van der Waals surface area contributed by atoms with Crippen molar-refractivity contribution in [3.05, 3.63) is 90.0 Å². The van der Waals surface area contributed by atoms with E-state index in [1.807, 2.05) is 42.5 Å². The van der Waals surface area contributed by atoms with Crippen LogP contribution in [0.25, 0.3) is 0 Å². The first-order chi connectivity index (χ1) is 12.6. The van der Waals surface area contributed by atoms with Crippen LogP contribution < -0.4 is 15.4 Å². The maximum absolute atomic E-state index is 13.6. The lowest BCUT2D eigenvalue weighted by Crippen LogP contribution is -2.19. The predicted molar refractivity (Wildman–Crippen MR) is 103 cm³/mol. The minimum absolute atomic E-state index is 0.103. The molecule has 0 aliphatic carbocycles. The number of benzene rings is 3. The summed E-state index contributed by atoms with van der Waals surface area (Å²) in [5, 5.41) is 5.83. The number of anilines is 2. The topological polar surface area (TPSA) is 33.3 Å². The van der Waals surface area contributed by atoms with E-state index in [-0.39, 0.29) is 10.8 Å². The van der Waals surface area contributed by atoms with Gasteiger partial charge in [-0.05, 0) is 54.2 Å². The Morgan fingerprint density at radius 1 is 0.885 bits per heavy atom. The lowest BCUT2D eigenvalue weighted by molar-refractivity contribution is 0.306. The summed E-state index contributed by atoms with van der Waals surface area (Å²) in [6, 6.07) is 20.3. The van der Waals surface area contributed by atoms with Gasteiger partial charge in [0.1, 0.15) is 24.0 Å². The molecule has 2 N–H and O–H groups in total. The van der Waals surface area contributed by atoms with Crippen molar-refractivity contribution in [3.8, 4) is 5.75 Å². The Hall–Kier alpha value is -2.99. The first kappa shape index (κ1) is 17.8. The van der Waals surface area contributed by atoms with Gasteiger partial charge in [-0.15, -0.1) is 0 Å². The monoisotopic (exact) mass is 370 g/mol. The molecule has 3 aromatic rings. The summed E-state index contributed by atoms with van der Waals surface area (Å²) in [6.45, 7) is 0.484. The van der Waals surface area contributed by atoms with Crippen LogP contribution >= 0.6 is 12.2 Å². The Morgan fingerprint density at radius 3 is 2.31 bits per heavy atom. The lowest BCUT2D eigenvalue weighted by atomic mass is 10.2. The molecule has 3 aromatic carbocycles. The molecular formula is C20H16F2N2OS. The van der Waals surface area contributed by atoms with Gasteiger partial charge < -0.3 is 15.4 Å². The Balaban J connectivity index is 1.54. The molecule has 0 bridgehead atoms. The molecular weight excluding hydrogens is 354 g/mol. The minimum Gasteiger partial charge on any atom is -0.489 e. The number of nitrogens with one attached hydrogen (secondary N) is 2. The van der Waals surface area contributed by atoms with Gasteiger partial charge in [-0.25, -0.2) is 8.78 Å². The van der Waals surface area contributed by atoms with Crippen molar-refractivity contribution in [2.45, 2.75) is 6.61 Å². The van der Waals surface area contributed by atoms with Gasteiger partial charge >= 0.3 is 0 Å². The van der Waals surface area contributed by atoms with Crippen LogP contribution in [0.3, 0.4) is 0 Å². The summed E-state index contributed by atoms with van der Waals surface area (Å²) in [5.74, 6) is -0.625. The molecule has 26 heavy (non-hydrogen) atoms. The van der Waals surface area contributed by atoms with Crippen LogP contribution in [0.1, 0.15) is 5.56 Å². The van der Waals surface area contributed by atoms with E-state index in [1.165, 1.54) is 6.07 Å². The van der Waals surface area contributed by atoms with Gasteiger partial charge in [0.25, 0.3) is 0 Å². The lowest BCUT2D eigenvalue weighted by Gasteiger charge is -2.12. The first-order valence-corrected chi connectivity index (χ1v) is 8.31. The number of halogens is 2. The molecule has 0 amide bonds. The van der Waals surface area contributed by atoms with Gasteiger partial charge in [0.15, 0.2) is 5.11 Å². The highest BCUT2D eigenvalue weighted by Gasteiger charge is 2.06. The highest BCUT2D eigenvalue weighted by Crippen LogP contribution is 2.19. The summed E-state index contributed by atoms with van der Waals surface area (Å²) in [5.41, 5.74) is 1.91. The van der Waals surface area contributed by atoms with Crippen molar-refractivity contribution in [2.75, 3.05) is 10.6 Å². The normalized spacial score (nSPS) is 10.2. The summed E-state index contributed by atoms with van der Waals surface area (Å²) < 4.78 is 32.2. The molecule has 0 spiro atoms. The summed E-state index contributed by atoms with van der Waals surface area (Å²) >= 11 is 5.14. The highest BCUT2D eigenvalue weighted by atomic mass is 32.1. The predicted octanol–water partition coefficient (Wildman–Crippen LogP) is 5.35. The fourth-order valence-corrected chi connectivity index (χ4v) is 2.48. The van der Waals surface area contributed by atoms with Gasteiger partial charge in [-0.1, -0.05) is 30.3 Å². The molecule has 3 nitrogen and oxygen atoms in total. The number of thiocarbonyl (C=S) groups is 1. The minimum atomic E-state index is -0.709. The van der Waals surface area contributed by atoms with Crippen molar-refractivity contribution in [2.24, 2.45) is 0 Å². The summed E-state index contributed by atoms with van der Waals surface area (Å²) in [6.07, 6.45) is 0. The molecule has 0 fully saturated rings. The summed E-state index contributed by atoms with van der Waals surface area (Å²) in [4.78, 5) is 0. The standard InChI is InChI=1S/C20H16F2N2OS/c21-15-6-11-19(18(22)12-15)24-20(26)23-16-7-9-17(10-8-16)25-13-14-4-2-1-3-5-14/h1-12H,13H2,(H2,23,24,26). The molecule has 0 saturated heterocycles. The zero-order valence-electron chi connectivity index (χ0n) is 13.7. The van der Waals surface area contributed by atoms with Crippen molar-refractivity contribution in [1.29, 1.82) is 0 Å². The Kier molecular flexibility index (Phi) is 5.76. The molecule has 0 aliphatic heterocycles.